The van der Waals surface area contributed by atoms with Gasteiger partial charge in [0.05, 0.1) is 11.1 Å². The van der Waals surface area contributed by atoms with E-state index in [9.17, 15) is 19.2 Å². The number of carbonyl (C=O) groups excluding carboxylic acids is 2. The van der Waals surface area contributed by atoms with Crippen LogP contribution in [0.15, 0.2) is 24.3 Å². The summed E-state index contributed by atoms with van der Waals surface area (Å²) in [6.45, 7) is -0.502. The third-order valence-corrected chi connectivity index (χ3v) is 4.11. The van der Waals surface area contributed by atoms with Crippen molar-refractivity contribution in [3.8, 4) is 6.07 Å². The van der Waals surface area contributed by atoms with Crippen molar-refractivity contribution in [3.05, 3.63) is 40.7 Å². The number of hydrogen-bond acceptors (Lipinski definition) is 4. The summed E-state index contributed by atoms with van der Waals surface area (Å²) in [6.07, 6.45) is 5.11. The lowest BCUT2D eigenvalue weighted by molar-refractivity contribution is -0.144. The molecule has 0 bridgehead atoms. The molecule has 1 aliphatic rings. The van der Waals surface area contributed by atoms with Crippen molar-refractivity contribution in [1.82, 2.24) is 5.32 Å². The van der Waals surface area contributed by atoms with Gasteiger partial charge in [-0.25, -0.2) is 9.18 Å². The first-order chi connectivity index (χ1) is 11.5. The van der Waals surface area contributed by atoms with E-state index >= 15 is 0 Å². The van der Waals surface area contributed by atoms with E-state index < -0.39 is 29.8 Å². The highest BCUT2D eigenvalue weighted by Crippen LogP contribution is 2.28. The van der Waals surface area contributed by atoms with Crippen molar-refractivity contribution in [3.63, 3.8) is 0 Å². The molecule has 0 spiro atoms. The van der Waals surface area contributed by atoms with Crippen molar-refractivity contribution in [1.29, 1.82) is 5.26 Å². The molecule has 7 heteroatoms. The predicted molar refractivity (Wildman–Crippen MR) is 86.4 cm³/mol. The van der Waals surface area contributed by atoms with Gasteiger partial charge in [0.15, 0.2) is 6.61 Å². The summed E-state index contributed by atoms with van der Waals surface area (Å²) in [5.41, 5.74) is -0.796. The number of amides is 1. The number of nitrogens with zero attached hydrogens (tertiary/aromatic N) is 1. The Kier molecular flexibility index (Phi) is 5.93. The van der Waals surface area contributed by atoms with Gasteiger partial charge in [0.1, 0.15) is 11.4 Å². The summed E-state index contributed by atoms with van der Waals surface area (Å²) in [6, 6.07) is 6.27. The van der Waals surface area contributed by atoms with Gasteiger partial charge in [-0.05, 0) is 43.9 Å². The molecule has 1 N–H and O–H groups in total. The number of nitrogens with one attached hydrogen (secondary N) is 1. The van der Waals surface area contributed by atoms with Gasteiger partial charge in [-0.15, -0.1) is 0 Å². The third-order valence-electron chi connectivity index (χ3n) is 3.78. The summed E-state index contributed by atoms with van der Waals surface area (Å²) in [5, 5.41) is 11.9. The highest BCUT2D eigenvalue weighted by molar-refractivity contribution is 6.32. The number of hydrogen-bond donors (Lipinski definition) is 1. The Morgan fingerprint density at radius 1 is 1.42 bits per heavy atom. The maximum Gasteiger partial charge on any atom is 0.331 e. The van der Waals surface area contributed by atoms with Gasteiger partial charge in [0.2, 0.25) is 0 Å². The Morgan fingerprint density at radius 2 is 2.12 bits per heavy atom. The molecule has 1 saturated carbocycles. The standard InChI is InChI=1S/C17H16ClFN2O3/c18-13-4-3-5-14(19)12(13)6-7-16(23)24-10-15(22)21-17(11-20)8-1-2-9-17/h3-7H,1-2,8-10H2,(H,21,22). The van der Waals surface area contributed by atoms with E-state index in [0.29, 0.717) is 12.8 Å². The molecule has 0 heterocycles. The minimum atomic E-state index is -0.861. The fraction of sp³-hybridized carbons (Fsp3) is 0.353. The lowest BCUT2D eigenvalue weighted by atomic mass is 10.00. The van der Waals surface area contributed by atoms with E-state index in [-0.39, 0.29) is 10.6 Å². The van der Waals surface area contributed by atoms with Crippen molar-refractivity contribution < 1.29 is 18.7 Å². The van der Waals surface area contributed by atoms with Crippen LogP contribution in [0.2, 0.25) is 5.02 Å². The van der Waals surface area contributed by atoms with Crippen LogP contribution in [0, 0.1) is 17.1 Å². The molecule has 1 amide bonds. The monoisotopic (exact) mass is 350 g/mol. The first kappa shape index (κ1) is 18.0. The number of nitriles is 1. The Balaban J connectivity index is 1.86. The molecule has 1 aromatic rings. The van der Waals surface area contributed by atoms with Crippen LogP contribution >= 0.6 is 11.6 Å². The van der Waals surface area contributed by atoms with Crippen LogP contribution < -0.4 is 5.32 Å². The molecule has 24 heavy (non-hydrogen) atoms. The molecule has 1 fully saturated rings. The summed E-state index contributed by atoms with van der Waals surface area (Å²) in [7, 11) is 0. The summed E-state index contributed by atoms with van der Waals surface area (Å²) in [4.78, 5) is 23.4. The lowest BCUT2D eigenvalue weighted by Crippen LogP contribution is -2.46. The summed E-state index contributed by atoms with van der Waals surface area (Å²) < 4.78 is 18.3. The van der Waals surface area contributed by atoms with Crippen molar-refractivity contribution in [2.75, 3.05) is 6.61 Å². The zero-order valence-electron chi connectivity index (χ0n) is 12.9. The van der Waals surface area contributed by atoms with Crippen LogP contribution in [0.3, 0.4) is 0 Å². The summed E-state index contributed by atoms with van der Waals surface area (Å²) >= 11 is 5.83. The number of rotatable bonds is 5. The predicted octanol–water partition coefficient (Wildman–Crippen LogP) is 2.99. The second-order valence-electron chi connectivity index (χ2n) is 5.53. The molecular weight excluding hydrogens is 335 g/mol. The molecule has 126 valence electrons. The Bertz CT molecular complexity index is 686. The smallest absolute Gasteiger partial charge is 0.331 e. The number of ether oxygens (including phenoxy) is 1. The van der Waals surface area contributed by atoms with Crippen molar-refractivity contribution >= 4 is 29.6 Å². The molecule has 2 rings (SSSR count). The SMILES string of the molecule is N#CC1(NC(=O)COC(=O)C=Cc2c(F)cccc2Cl)CCCC1. The van der Waals surface area contributed by atoms with E-state index in [1.54, 1.807) is 0 Å². The molecule has 0 aromatic heterocycles. The largest absolute Gasteiger partial charge is 0.452 e. The van der Waals surface area contributed by atoms with E-state index in [0.717, 1.165) is 18.9 Å². The molecule has 0 unspecified atom stereocenters. The van der Waals surface area contributed by atoms with Crippen molar-refractivity contribution in [2.45, 2.75) is 31.2 Å². The zero-order valence-corrected chi connectivity index (χ0v) is 13.6. The average Bonchev–Trinajstić information content (AvgIpc) is 3.01. The second kappa shape index (κ2) is 7.93. The van der Waals surface area contributed by atoms with Gasteiger partial charge in [-0.3, -0.25) is 4.79 Å². The molecule has 0 saturated heterocycles. The average molecular weight is 351 g/mol. The summed E-state index contributed by atoms with van der Waals surface area (Å²) in [5.74, 6) is -1.91. The topological polar surface area (TPSA) is 79.2 Å². The molecule has 0 atom stereocenters. The molecule has 1 aliphatic carbocycles. The Hall–Kier alpha value is -2.39. The normalized spacial score (nSPS) is 15.9. The minimum Gasteiger partial charge on any atom is -0.452 e. The van der Waals surface area contributed by atoms with Gasteiger partial charge >= 0.3 is 5.97 Å². The Labute approximate surface area is 144 Å². The maximum atomic E-state index is 13.5. The fourth-order valence-electron chi connectivity index (χ4n) is 2.55. The molecule has 5 nitrogen and oxygen atoms in total. The van der Waals surface area contributed by atoms with E-state index in [4.69, 9.17) is 16.3 Å². The number of carbonyl (C=O) groups is 2. The molecule has 0 aliphatic heterocycles. The van der Waals surface area contributed by atoms with Gasteiger partial charge < -0.3 is 10.1 Å². The first-order valence-corrected chi connectivity index (χ1v) is 7.85. The molecule has 0 radical (unpaired) electrons. The third kappa shape index (κ3) is 4.56. The van der Waals surface area contributed by atoms with Crippen LogP contribution in [0.25, 0.3) is 6.08 Å². The van der Waals surface area contributed by atoms with E-state index in [1.165, 1.54) is 24.3 Å². The van der Waals surface area contributed by atoms with Crippen LogP contribution in [-0.2, 0) is 14.3 Å². The zero-order chi connectivity index (χ0) is 17.6. The Morgan fingerprint density at radius 3 is 2.75 bits per heavy atom. The fourth-order valence-corrected chi connectivity index (χ4v) is 2.78. The number of halogens is 2. The van der Waals surface area contributed by atoms with Gasteiger partial charge in [0.25, 0.3) is 5.91 Å². The van der Waals surface area contributed by atoms with Gasteiger partial charge in [-0.2, -0.15) is 5.26 Å². The molecular formula is C17H16ClFN2O3. The minimum absolute atomic E-state index is 0.0648. The maximum absolute atomic E-state index is 13.5. The van der Waals surface area contributed by atoms with E-state index in [2.05, 4.69) is 11.4 Å². The van der Waals surface area contributed by atoms with Crippen LogP contribution in [0.4, 0.5) is 4.39 Å². The van der Waals surface area contributed by atoms with Crippen LogP contribution in [0.5, 0.6) is 0 Å². The van der Waals surface area contributed by atoms with Crippen molar-refractivity contribution in [2.24, 2.45) is 0 Å². The highest BCUT2D eigenvalue weighted by atomic mass is 35.5. The van der Waals surface area contributed by atoms with Crippen LogP contribution in [-0.4, -0.2) is 24.0 Å². The highest BCUT2D eigenvalue weighted by Gasteiger charge is 2.35. The van der Waals surface area contributed by atoms with Gasteiger partial charge in [0, 0.05) is 11.6 Å². The van der Waals surface area contributed by atoms with Crippen LogP contribution in [0.1, 0.15) is 31.2 Å². The number of esters is 1. The lowest BCUT2D eigenvalue weighted by Gasteiger charge is -2.21. The quantitative estimate of drug-likeness (QED) is 0.654. The first-order valence-electron chi connectivity index (χ1n) is 7.47. The second-order valence-corrected chi connectivity index (χ2v) is 5.93. The molecule has 1 aromatic carbocycles. The number of benzene rings is 1. The van der Waals surface area contributed by atoms with E-state index in [1.807, 2.05) is 0 Å². The van der Waals surface area contributed by atoms with Gasteiger partial charge in [-0.1, -0.05) is 17.7 Å².